The van der Waals surface area contributed by atoms with E-state index in [0.717, 1.165) is 17.6 Å². The van der Waals surface area contributed by atoms with Crippen LogP contribution in [-0.4, -0.2) is 41.9 Å². The Bertz CT molecular complexity index is 1210. The fourth-order valence-electron chi connectivity index (χ4n) is 4.12. The Morgan fingerprint density at radius 3 is 2.34 bits per heavy atom. The van der Waals surface area contributed by atoms with Crippen LogP contribution in [0.25, 0.3) is 0 Å². The molecular formula is C23H18Cl2F6N2OS. The predicted octanol–water partition coefficient (Wildman–Crippen LogP) is 6.86. The minimum absolute atomic E-state index is 0.0763. The zero-order valence-corrected chi connectivity index (χ0v) is 20.4. The van der Waals surface area contributed by atoms with Crippen LogP contribution in [0, 0.1) is 6.92 Å². The van der Waals surface area contributed by atoms with Gasteiger partial charge in [0.1, 0.15) is 5.41 Å². The summed E-state index contributed by atoms with van der Waals surface area (Å²) in [6, 6.07) is 5.89. The molecule has 1 saturated heterocycles. The molecule has 4 rings (SSSR count). The van der Waals surface area contributed by atoms with Gasteiger partial charge in [0.2, 0.25) is 0 Å². The summed E-state index contributed by atoms with van der Waals surface area (Å²) in [7, 11) is 0. The minimum atomic E-state index is -4.99. The number of aryl methyl sites for hydroxylation is 1. The lowest BCUT2D eigenvalue weighted by molar-refractivity contribution is -0.184. The molecule has 188 valence electrons. The predicted molar refractivity (Wildman–Crippen MR) is 125 cm³/mol. The summed E-state index contributed by atoms with van der Waals surface area (Å²) in [5, 5.41) is 1.41. The Morgan fingerprint density at radius 2 is 1.80 bits per heavy atom. The Hall–Kier alpha value is -1.91. The van der Waals surface area contributed by atoms with Crippen LogP contribution in [0.15, 0.2) is 35.3 Å². The molecule has 0 aromatic heterocycles. The highest BCUT2D eigenvalue weighted by molar-refractivity contribution is 8.00. The van der Waals surface area contributed by atoms with Gasteiger partial charge in [0.25, 0.3) is 5.91 Å². The van der Waals surface area contributed by atoms with Crippen LogP contribution in [0.4, 0.5) is 26.3 Å². The third kappa shape index (κ3) is 4.89. The van der Waals surface area contributed by atoms with Crippen molar-refractivity contribution in [3.8, 4) is 0 Å². The zero-order chi connectivity index (χ0) is 25.8. The maximum atomic E-state index is 14.4. The second-order valence-electron chi connectivity index (χ2n) is 8.57. The number of nitrogens with zero attached hydrogens (tertiary/aromatic N) is 1. The van der Waals surface area contributed by atoms with Crippen molar-refractivity contribution in [2.45, 2.75) is 37.2 Å². The average Bonchev–Trinajstić information content (AvgIpc) is 3.18. The first kappa shape index (κ1) is 26.2. The van der Waals surface area contributed by atoms with E-state index in [1.165, 1.54) is 12.1 Å². The van der Waals surface area contributed by atoms with Gasteiger partial charge in [-0.05, 0) is 47.9 Å². The lowest BCUT2D eigenvalue weighted by Gasteiger charge is -2.32. The summed E-state index contributed by atoms with van der Waals surface area (Å²) in [5.74, 6) is 1.38. The first-order valence-corrected chi connectivity index (χ1v) is 12.3. The molecule has 0 spiro atoms. The summed E-state index contributed by atoms with van der Waals surface area (Å²) in [4.78, 5) is 16.5. The number of alkyl halides is 6. The third-order valence-corrected chi connectivity index (χ3v) is 8.29. The van der Waals surface area contributed by atoms with Gasteiger partial charge in [-0.1, -0.05) is 29.3 Å². The molecule has 2 aromatic carbocycles. The van der Waals surface area contributed by atoms with Gasteiger partial charge in [0, 0.05) is 35.2 Å². The van der Waals surface area contributed by atoms with Gasteiger partial charge in [-0.3, -0.25) is 9.79 Å². The maximum Gasteiger partial charge on any atom is 0.417 e. The van der Waals surface area contributed by atoms with E-state index in [1.807, 2.05) is 0 Å². The van der Waals surface area contributed by atoms with E-state index in [0.29, 0.717) is 22.8 Å². The van der Waals surface area contributed by atoms with Crippen molar-refractivity contribution < 1.29 is 31.1 Å². The van der Waals surface area contributed by atoms with Gasteiger partial charge < -0.3 is 5.32 Å². The number of halogens is 8. The number of thioether (sulfide) groups is 1. The van der Waals surface area contributed by atoms with Crippen LogP contribution >= 0.6 is 35.0 Å². The van der Waals surface area contributed by atoms with E-state index in [-0.39, 0.29) is 17.7 Å². The first-order chi connectivity index (χ1) is 16.2. The molecule has 1 N–H and O–H groups in total. The fraction of sp³-hybridized carbons (Fsp3) is 0.391. The highest BCUT2D eigenvalue weighted by atomic mass is 35.5. The molecule has 3 nitrogen and oxygen atoms in total. The maximum absolute atomic E-state index is 14.4. The minimum Gasteiger partial charge on any atom is -0.348 e. The summed E-state index contributed by atoms with van der Waals surface area (Å²) in [6.07, 6.45) is -10.6. The molecule has 12 heteroatoms. The Labute approximate surface area is 211 Å². The number of benzene rings is 2. The normalized spacial score (nSPS) is 21.0. The molecule has 1 unspecified atom stereocenters. The number of aliphatic imine (C=N–C) groups is 1. The molecule has 0 radical (unpaired) electrons. The van der Waals surface area contributed by atoms with E-state index in [4.69, 9.17) is 23.2 Å². The van der Waals surface area contributed by atoms with Gasteiger partial charge in [-0.15, -0.1) is 0 Å². The van der Waals surface area contributed by atoms with Crippen molar-refractivity contribution in [1.29, 1.82) is 0 Å². The Kier molecular flexibility index (Phi) is 6.87. The molecule has 1 fully saturated rings. The largest absolute Gasteiger partial charge is 0.417 e. The van der Waals surface area contributed by atoms with Gasteiger partial charge >= 0.3 is 12.4 Å². The SMILES string of the molecule is Cc1cc(C2=NCC(c3cc(Cl)c(Cl)c(C(F)(F)F)c3)(C(F)(F)F)C2)ccc1C(=O)NC1CSC1. The molecular weight excluding hydrogens is 537 g/mol. The molecule has 1 amide bonds. The number of hydrogen-bond donors (Lipinski definition) is 1. The molecule has 2 aliphatic heterocycles. The average molecular weight is 555 g/mol. The van der Waals surface area contributed by atoms with E-state index >= 15 is 0 Å². The van der Waals surface area contributed by atoms with Gasteiger partial charge in [0.15, 0.2) is 0 Å². The monoisotopic (exact) mass is 554 g/mol. The van der Waals surface area contributed by atoms with Crippen molar-refractivity contribution >= 4 is 46.6 Å². The van der Waals surface area contributed by atoms with E-state index in [9.17, 15) is 31.1 Å². The summed E-state index contributed by atoms with van der Waals surface area (Å²) in [6.45, 7) is 0.858. The van der Waals surface area contributed by atoms with Crippen molar-refractivity contribution in [3.63, 3.8) is 0 Å². The van der Waals surface area contributed by atoms with Crippen LogP contribution in [0.1, 0.15) is 39.0 Å². The molecule has 0 saturated carbocycles. The van der Waals surface area contributed by atoms with Gasteiger partial charge in [-0.2, -0.15) is 38.1 Å². The van der Waals surface area contributed by atoms with Gasteiger partial charge in [-0.25, -0.2) is 0 Å². The lowest BCUT2D eigenvalue weighted by Crippen LogP contribution is -2.44. The van der Waals surface area contributed by atoms with Crippen molar-refractivity contribution in [2.24, 2.45) is 4.99 Å². The highest BCUT2D eigenvalue weighted by Gasteiger charge is 2.59. The van der Waals surface area contributed by atoms with Crippen molar-refractivity contribution in [2.75, 3.05) is 18.1 Å². The summed E-state index contributed by atoms with van der Waals surface area (Å²) >= 11 is 13.2. The lowest BCUT2D eigenvalue weighted by atomic mass is 9.76. The number of carbonyl (C=O) groups is 1. The second-order valence-corrected chi connectivity index (χ2v) is 10.4. The molecule has 0 bridgehead atoms. The molecule has 2 heterocycles. The standard InChI is InChI=1S/C23H18Cl2F6N2OS/c1-11-4-12(2-3-15(11)20(34)33-14-8-35-9-14)18-7-21(10-32-18,23(29,30)31)13-5-16(22(26,27)28)19(25)17(24)6-13/h2-6,14H,7-10H2,1H3,(H,33,34). The first-order valence-electron chi connectivity index (χ1n) is 10.4. The fourth-order valence-corrected chi connectivity index (χ4v) is 5.19. The van der Waals surface area contributed by atoms with E-state index < -0.39 is 51.9 Å². The van der Waals surface area contributed by atoms with Crippen LogP contribution in [0.2, 0.25) is 10.0 Å². The van der Waals surface area contributed by atoms with Crippen LogP contribution in [0.5, 0.6) is 0 Å². The number of rotatable bonds is 4. The van der Waals surface area contributed by atoms with Crippen LogP contribution in [0.3, 0.4) is 0 Å². The van der Waals surface area contributed by atoms with Crippen LogP contribution < -0.4 is 5.32 Å². The van der Waals surface area contributed by atoms with E-state index in [2.05, 4.69) is 10.3 Å². The number of amides is 1. The van der Waals surface area contributed by atoms with Crippen molar-refractivity contribution in [3.05, 3.63) is 68.2 Å². The molecule has 1 atom stereocenters. The summed E-state index contributed by atoms with van der Waals surface area (Å²) in [5.41, 5.74) is -3.42. The van der Waals surface area contributed by atoms with Crippen molar-refractivity contribution in [1.82, 2.24) is 5.32 Å². The zero-order valence-electron chi connectivity index (χ0n) is 18.1. The number of hydrogen-bond acceptors (Lipinski definition) is 3. The second kappa shape index (κ2) is 9.19. The molecule has 0 aliphatic carbocycles. The smallest absolute Gasteiger partial charge is 0.348 e. The summed E-state index contributed by atoms with van der Waals surface area (Å²) < 4.78 is 83.4. The number of carbonyl (C=O) groups excluding carboxylic acids is 1. The van der Waals surface area contributed by atoms with E-state index in [1.54, 1.807) is 24.8 Å². The molecule has 2 aliphatic rings. The quantitative estimate of drug-likeness (QED) is 0.419. The van der Waals surface area contributed by atoms with Crippen LogP contribution in [-0.2, 0) is 11.6 Å². The Morgan fingerprint density at radius 1 is 1.11 bits per heavy atom. The Balaban J connectivity index is 1.67. The third-order valence-electron chi connectivity index (χ3n) is 6.22. The molecule has 2 aromatic rings. The number of nitrogens with one attached hydrogen (secondary N) is 1. The highest BCUT2D eigenvalue weighted by Crippen LogP contribution is 2.50. The van der Waals surface area contributed by atoms with Gasteiger partial charge in [0.05, 0.1) is 22.2 Å². The molecule has 35 heavy (non-hydrogen) atoms. The topological polar surface area (TPSA) is 41.5 Å².